The van der Waals surface area contributed by atoms with Crippen molar-refractivity contribution in [3.05, 3.63) is 42.5 Å². The van der Waals surface area contributed by atoms with E-state index in [9.17, 15) is 4.79 Å². The summed E-state index contributed by atoms with van der Waals surface area (Å²) in [5.41, 5.74) is 2.78. The molecule has 3 aromatic rings. The Hall–Kier alpha value is -2.67. The molecule has 134 valence electrons. The Bertz CT molecular complexity index is 954. The van der Waals surface area contributed by atoms with E-state index < -0.39 is 0 Å². The minimum atomic E-state index is -0.0343. The first-order valence-corrected chi connectivity index (χ1v) is 9.43. The standard InChI is InChI=1S/C19H19N3O3S/c1-22-15-5-3-2-4-14(15)21-19(22)26-11-8-18(23)20-13-6-7-16-17(12-13)25-10-9-24-16/h2-7,12H,8-11H2,1H3,(H,20,23). The van der Waals surface area contributed by atoms with Gasteiger partial charge < -0.3 is 19.4 Å². The van der Waals surface area contributed by atoms with Crippen LogP contribution in [0.4, 0.5) is 5.69 Å². The van der Waals surface area contributed by atoms with Gasteiger partial charge in [0.15, 0.2) is 16.7 Å². The number of nitrogens with one attached hydrogen (secondary N) is 1. The molecule has 26 heavy (non-hydrogen) atoms. The first-order chi connectivity index (χ1) is 12.7. The van der Waals surface area contributed by atoms with Crippen LogP contribution in [0.2, 0.25) is 0 Å². The molecule has 0 radical (unpaired) electrons. The van der Waals surface area contributed by atoms with E-state index in [4.69, 9.17) is 9.47 Å². The van der Waals surface area contributed by atoms with Crippen molar-refractivity contribution in [2.45, 2.75) is 11.6 Å². The van der Waals surface area contributed by atoms with Gasteiger partial charge >= 0.3 is 0 Å². The van der Waals surface area contributed by atoms with Gasteiger partial charge in [-0.25, -0.2) is 4.98 Å². The summed E-state index contributed by atoms with van der Waals surface area (Å²) in [6.45, 7) is 1.08. The lowest BCUT2D eigenvalue weighted by atomic mass is 10.2. The smallest absolute Gasteiger partial charge is 0.225 e. The Morgan fingerprint density at radius 2 is 2.00 bits per heavy atom. The van der Waals surface area contributed by atoms with Crippen molar-refractivity contribution >= 4 is 34.4 Å². The molecule has 2 aromatic carbocycles. The van der Waals surface area contributed by atoms with Crippen molar-refractivity contribution in [3.63, 3.8) is 0 Å². The number of carbonyl (C=O) groups is 1. The number of amides is 1. The van der Waals surface area contributed by atoms with Gasteiger partial charge in [0.25, 0.3) is 0 Å². The number of thioether (sulfide) groups is 1. The van der Waals surface area contributed by atoms with E-state index in [-0.39, 0.29) is 5.91 Å². The normalized spacial score (nSPS) is 13.0. The van der Waals surface area contributed by atoms with Crippen LogP contribution in [0.15, 0.2) is 47.6 Å². The van der Waals surface area contributed by atoms with Gasteiger partial charge in [-0.2, -0.15) is 0 Å². The molecule has 0 fully saturated rings. The molecule has 0 saturated heterocycles. The number of anilines is 1. The number of aryl methyl sites for hydroxylation is 1. The third-order valence-electron chi connectivity index (χ3n) is 4.13. The molecule has 0 atom stereocenters. The summed E-state index contributed by atoms with van der Waals surface area (Å²) in [6.07, 6.45) is 0.405. The lowest BCUT2D eigenvalue weighted by Gasteiger charge is -2.19. The van der Waals surface area contributed by atoms with Gasteiger partial charge in [0.1, 0.15) is 13.2 Å². The van der Waals surface area contributed by atoms with Crippen molar-refractivity contribution in [1.82, 2.24) is 9.55 Å². The number of rotatable bonds is 5. The summed E-state index contributed by atoms with van der Waals surface area (Å²) in [7, 11) is 1.99. The lowest BCUT2D eigenvalue weighted by molar-refractivity contribution is -0.115. The average molecular weight is 369 g/mol. The molecular formula is C19H19N3O3S. The van der Waals surface area contributed by atoms with Crippen molar-refractivity contribution in [3.8, 4) is 11.5 Å². The number of para-hydroxylation sites is 2. The zero-order chi connectivity index (χ0) is 17.9. The molecule has 0 aliphatic carbocycles. The molecule has 1 aromatic heterocycles. The van der Waals surface area contributed by atoms with Gasteiger partial charge in [-0.3, -0.25) is 4.79 Å². The number of hydrogen-bond acceptors (Lipinski definition) is 5. The highest BCUT2D eigenvalue weighted by Gasteiger charge is 2.13. The predicted molar refractivity (Wildman–Crippen MR) is 102 cm³/mol. The quantitative estimate of drug-likeness (QED) is 0.698. The van der Waals surface area contributed by atoms with Crippen LogP contribution in [0.1, 0.15) is 6.42 Å². The molecule has 2 heterocycles. The van der Waals surface area contributed by atoms with Gasteiger partial charge in [0.05, 0.1) is 11.0 Å². The monoisotopic (exact) mass is 369 g/mol. The summed E-state index contributed by atoms with van der Waals surface area (Å²) < 4.78 is 13.1. The first kappa shape index (κ1) is 16.8. The molecule has 1 aliphatic heterocycles. The van der Waals surface area contributed by atoms with E-state index in [1.165, 1.54) is 0 Å². The number of nitrogens with zero attached hydrogens (tertiary/aromatic N) is 2. The number of ether oxygens (including phenoxy) is 2. The van der Waals surface area contributed by atoms with Gasteiger partial charge in [-0.05, 0) is 24.3 Å². The third kappa shape index (κ3) is 3.48. The number of carbonyl (C=O) groups excluding carboxylic acids is 1. The van der Waals surface area contributed by atoms with Crippen molar-refractivity contribution < 1.29 is 14.3 Å². The van der Waals surface area contributed by atoms with E-state index in [1.54, 1.807) is 17.8 Å². The Balaban J connectivity index is 1.33. The highest BCUT2D eigenvalue weighted by Crippen LogP contribution is 2.32. The highest BCUT2D eigenvalue weighted by molar-refractivity contribution is 7.99. The number of aromatic nitrogens is 2. The van der Waals surface area contributed by atoms with Gasteiger partial charge in [0, 0.05) is 31.0 Å². The predicted octanol–water partition coefficient (Wildman–Crippen LogP) is 3.47. The molecule has 0 saturated carbocycles. The summed E-state index contributed by atoms with van der Waals surface area (Å²) in [4.78, 5) is 16.8. The van der Waals surface area contributed by atoms with E-state index in [0.717, 1.165) is 16.2 Å². The van der Waals surface area contributed by atoms with Crippen molar-refractivity contribution in [1.29, 1.82) is 0 Å². The van der Waals surface area contributed by atoms with Crippen LogP contribution < -0.4 is 14.8 Å². The fraction of sp³-hybridized carbons (Fsp3) is 0.263. The van der Waals surface area contributed by atoms with E-state index in [2.05, 4.69) is 14.9 Å². The second kappa shape index (κ2) is 7.29. The van der Waals surface area contributed by atoms with E-state index in [0.29, 0.717) is 42.6 Å². The van der Waals surface area contributed by atoms with Crippen molar-refractivity contribution in [2.75, 3.05) is 24.3 Å². The second-order valence-corrected chi connectivity index (χ2v) is 7.01. The van der Waals surface area contributed by atoms with Crippen LogP contribution in [0.3, 0.4) is 0 Å². The van der Waals surface area contributed by atoms with Crippen LogP contribution in [0.25, 0.3) is 11.0 Å². The Morgan fingerprint density at radius 1 is 1.19 bits per heavy atom. The van der Waals surface area contributed by atoms with E-state index in [1.807, 2.05) is 43.4 Å². The van der Waals surface area contributed by atoms with E-state index >= 15 is 0 Å². The summed E-state index contributed by atoms with van der Waals surface area (Å²) in [5.74, 6) is 2.01. The van der Waals surface area contributed by atoms with Gasteiger partial charge in [-0.1, -0.05) is 23.9 Å². The number of imidazole rings is 1. The number of benzene rings is 2. The third-order valence-corrected chi connectivity index (χ3v) is 5.16. The van der Waals surface area contributed by atoms with Crippen LogP contribution in [0, 0.1) is 0 Å². The summed E-state index contributed by atoms with van der Waals surface area (Å²) in [6, 6.07) is 13.5. The average Bonchev–Trinajstić information content (AvgIpc) is 2.98. The molecule has 0 spiro atoms. The zero-order valence-electron chi connectivity index (χ0n) is 14.4. The second-order valence-electron chi connectivity index (χ2n) is 5.95. The largest absolute Gasteiger partial charge is 0.486 e. The summed E-state index contributed by atoms with van der Waals surface area (Å²) in [5, 5.41) is 3.82. The fourth-order valence-electron chi connectivity index (χ4n) is 2.83. The van der Waals surface area contributed by atoms with Crippen molar-refractivity contribution in [2.24, 2.45) is 7.05 Å². The molecule has 0 unspecified atom stereocenters. The molecule has 7 heteroatoms. The molecule has 0 bridgehead atoms. The number of hydrogen-bond donors (Lipinski definition) is 1. The van der Waals surface area contributed by atoms with Crippen LogP contribution >= 0.6 is 11.8 Å². The zero-order valence-corrected chi connectivity index (χ0v) is 15.2. The van der Waals surface area contributed by atoms with Gasteiger partial charge in [-0.15, -0.1) is 0 Å². The minimum absolute atomic E-state index is 0.0343. The van der Waals surface area contributed by atoms with Crippen LogP contribution in [-0.2, 0) is 11.8 Å². The SMILES string of the molecule is Cn1c(SCCC(=O)Nc2ccc3c(c2)OCCO3)nc2ccccc21. The number of fused-ring (bicyclic) bond motifs is 2. The molecule has 4 rings (SSSR count). The topological polar surface area (TPSA) is 65.4 Å². The Kier molecular flexibility index (Phi) is 4.71. The maximum atomic E-state index is 12.2. The molecular weight excluding hydrogens is 350 g/mol. The highest BCUT2D eigenvalue weighted by atomic mass is 32.2. The molecule has 1 amide bonds. The van der Waals surface area contributed by atoms with Crippen LogP contribution in [0.5, 0.6) is 11.5 Å². The minimum Gasteiger partial charge on any atom is -0.486 e. The van der Waals surface area contributed by atoms with Gasteiger partial charge in [0.2, 0.25) is 5.91 Å². The Morgan fingerprint density at radius 3 is 2.85 bits per heavy atom. The lowest BCUT2D eigenvalue weighted by Crippen LogP contribution is -2.16. The Labute approximate surface area is 155 Å². The summed E-state index contributed by atoms with van der Waals surface area (Å²) >= 11 is 1.58. The molecule has 1 aliphatic rings. The first-order valence-electron chi connectivity index (χ1n) is 8.44. The molecule has 6 nitrogen and oxygen atoms in total. The van der Waals surface area contributed by atoms with Crippen LogP contribution in [-0.4, -0.2) is 34.4 Å². The maximum absolute atomic E-state index is 12.2. The maximum Gasteiger partial charge on any atom is 0.225 e. The fourth-order valence-corrected chi connectivity index (χ4v) is 3.76. The molecule has 1 N–H and O–H groups in total.